The molecule has 0 atom stereocenters. The van der Waals surface area contributed by atoms with Crippen LogP contribution in [0.15, 0.2) is 5.10 Å². The highest BCUT2D eigenvalue weighted by Crippen LogP contribution is 2.10. The molecule has 114 valence electrons. The number of hydrogen-bond acceptors (Lipinski definition) is 7. The first-order chi connectivity index (χ1) is 9.81. The molecule has 1 aromatic heterocycles. The van der Waals surface area contributed by atoms with Crippen molar-refractivity contribution in [1.82, 2.24) is 26.0 Å². The van der Waals surface area contributed by atoms with Gasteiger partial charge >= 0.3 is 6.03 Å². The van der Waals surface area contributed by atoms with Crippen molar-refractivity contribution in [3.63, 3.8) is 0 Å². The Bertz CT molecular complexity index is 574. The van der Waals surface area contributed by atoms with E-state index in [9.17, 15) is 14.0 Å². The van der Waals surface area contributed by atoms with Gasteiger partial charge in [0.05, 0.1) is 0 Å². The molecular weight excluding hydrogens is 283 g/mol. The molecule has 0 aliphatic rings. The third-order valence-corrected chi connectivity index (χ3v) is 1.97. The Balaban J connectivity index is 2.58. The van der Waals surface area contributed by atoms with Crippen molar-refractivity contribution in [2.75, 3.05) is 11.5 Å². The van der Waals surface area contributed by atoms with E-state index in [1.807, 2.05) is 0 Å². The minimum Gasteiger partial charge on any atom is -0.382 e. The lowest BCUT2D eigenvalue weighted by atomic mass is 10.4. The number of aromatic nitrogens is 2. The summed E-state index contributed by atoms with van der Waals surface area (Å²) in [6, 6.07) is -0.615. The fraction of sp³-hybridized carbons (Fsp3) is 0.300. The van der Waals surface area contributed by atoms with Crippen LogP contribution in [0, 0.1) is 5.95 Å². The number of halogens is 1. The number of nitrogens with zero attached hydrogens (tertiary/aromatic N) is 3. The summed E-state index contributed by atoms with van der Waals surface area (Å²) in [5, 5.41) is 8.07. The van der Waals surface area contributed by atoms with Crippen molar-refractivity contribution in [3.05, 3.63) is 11.6 Å². The summed E-state index contributed by atoms with van der Waals surface area (Å²) in [6.45, 7) is 3.53. The van der Waals surface area contributed by atoms with Gasteiger partial charge in [0.15, 0.2) is 17.3 Å². The Morgan fingerprint density at radius 2 is 1.95 bits per heavy atom. The number of anilines is 2. The van der Waals surface area contributed by atoms with Crippen molar-refractivity contribution >= 4 is 29.9 Å². The maximum atomic E-state index is 13.1. The molecule has 3 amide bonds. The van der Waals surface area contributed by atoms with Gasteiger partial charge < -0.3 is 22.1 Å². The van der Waals surface area contributed by atoms with E-state index in [1.54, 1.807) is 13.8 Å². The number of rotatable bonds is 4. The van der Waals surface area contributed by atoms with Gasteiger partial charge in [0, 0.05) is 6.04 Å². The lowest BCUT2D eigenvalue weighted by Gasteiger charge is -2.06. The molecule has 7 N–H and O–H groups in total. The Labute approximate surface area is 119 Å². The predicted octanol–water partition coefficient (Wildman–Crippen LogP) is -0.839. The highest BCUT2D eigenvalue weighted by Gasteiger charge is 2.15. The Kier molecular flexibility index (Phi) is 5.34. The average molecular weight is 298 g/mol. The second kappa shape index (κ2) is 6.98. The molecule has 0 unspecified atom stereocenters. The minimum absolute atomic E-state index is 0.0670. The van der Waals surface area contributed by atoms with Crippen LogP contribution in [0.3, 0.4) is 0 Å². The second-order valence-corrected chi connectivity index (χ2v) is 4.11. The number of nitrogens with two attached hydrogens (primary N) is 2. The van der Waals surface area contributed by atoms with Crippen molar-refractivity contribution in [2.24, 2.45) is 5.10 Å². The molecule has 0 aliphatic heterocycles. The number of carbonyl (C=O) groups excluding carboxylic acids is 2. The standard InChI is InChI=1S/C10H15FN8O2/c1-4(2)16-10(21)19-15-3-14-9(20)5-7(12)18-8(13)6(11)17-5/h3-4H,1-2H3,(H4,12,13,18)(H,14,15,20)(H2,16,19,21). The molecule has 1 rings (SSSR count). The molecule has 0 aliphatic carbocycles. The van der Waals surface area contributed by atoms with Gasteiger partial charge in [-0.25, -0.2) is 20.2 Å². The maximum absolute atomic E-state index is 13.1. The summed E-state index contributed by atoms with van der Waals surface area (Å²) in [4.78, 5) is 29.5. The zero-order chi connectivity index (χ0) is 16.0. The number of amides is 3. The fourth-order valence-electron chi connectivity index (χ4n) is 1.15. The molecule has 21 heavy (non-hydrogen) atoms. The molecule has 0 bridgehead atoms. The van der Waals surface area contributed by atoms with Crippen LogP contribution in [0.25, 0.3) is 0 Å². The van der Waals surface area contributed by atoms with Crippen LogP contribution in [-0.2, 0) is 0 Å². The zero-order valence-electron chi connectivity index (χ0n) is 11.3. The van der Waals surface area contributed by atoms with Crippen LogP contribution in [0.2, 0.25) is 0 Å². The normalized spacial score (nSPS) is 10.7. The highest BCUT2D eigenvalue weighted by atomic mass is 19.1. The van der Waals surface area contributed by atoms with E-state index in [4.69, 9.17) is 11.5 Å². The molecule has 1 heterocycles. The van der Waals surface area contributed by atoms with Crippen LogP contribution < -0.4 is 27.5 Å². The van der Waals surface area contributed by atoms with Gasteiger partial charge in [-0.05, 0) is 13.8 Å². The minimum atomic E-state index is -1.11. The lowest BCUT2D eigenvalue weighted by molar-refractivity contribution is 0.0973. The van der Waals surface area contributed by atoms with E-state index in [-0.39, 0.29) is 11.9 Å². The van der Waals surface area contributed by atoms with Crippen LogP contribution in [-0.4, -0.2) is 34.3 Å². The molecule has 0 radical (unpaired) electrons. The maximum Gasteiger partial charge on any atom is 0.335 e. The van der Waals surface area contributed by atoms with Crippen LogP contribution in [0.1, 0.15) is 24.3 Å². The monoisotopic (exact) mass is 298 g/mol. The SMILES string of the molecule is CC(C)NC(=O)NN=CNC(=O)c1nc(F)c(N)nc1N. The summed E-state index contributed by atoms with van der Waals surface area (Å²) in [6.07, 6.45) is 0.887. The highest BCUT2D eigenvalue weighted by molar-refractivity contribution is 6.02. The largest absolute Gasteiger partial charge is 0.382 e. The van der Waals surface area contributed by atoms with E-state index < -0.39 is 29.4 Å². The van der Waals surface area contributed by atoms with Gasteiger partial charge in [-0.2, -0.15) is 9.49 Å². The first-order valence-electron chi connectivity index (χ1n) is 5.78. The quantitative estimate of drug-likeness (QED) is 0.277. The van der Waals surface area contributed by atoms with E-state index in [2.05, 4.69) is 31.1 Å². The predicted molar refractivity (Wildman–Crippen MR) is 73.6 cm³/mol. The third-order valence-electron chi connectivity index (χ3n) is 1.97. The number of hydrogen-bond donors (Lipinski definition) is 5. The molecule has 0 fully saturated rings. The number of carbonyl (C=O) groups is 2. The Hall–Kier alpha value is -2.98. The topological polar surface area (TPSA) is 160 Å². The van der Waals surface area contributed by atoms with E-state index in [1.165, 1.54) is 0 Å². The Morgan fingerprint density at radius 3 is 2.57 bits per heavy atom. The Morgan fingerprint density at radius 1 is 1.29 bits per heavy atom. The van der Waals surface area contributed by atoms with Gasteiger partial charge in [0.25, 0.3) is 11.9 Å². The van der Waals surface area contributed by atoms with Gasteiger partial charge in [-0.3, -0.25) is 4.79 Å². The second-order valence-electron chi connectivity index (χ2n) is 4.11. The number of urea groups is 1. The smallest absolute Gasteiger partial charge is 0.335 e. The van der Waals surface area contributed by atoms with E-state index in [0.29, 0.717) is 0 Å². The number of nitrogen functional groups attached to an aromatic ring is 2. The van der Waals surface area contributed by atoms with Crippen LogP contribution in [0.4, 0.5) is 20.8 Å². The van der Waals surface area contributed by atoms with E-state index >= 15 is 0 Å². The average Bonchev–Trinajstić information content (AvgIpc) is 2.38. The van der Waals surface area contributed by atoms with Gasteiger partial charge in [0.2, 0.25) is 0 Å². The molecule has 10 nitrogen and oxygen atoms in total. The zero-order valence-corrected chi connectivity index (χ0v) is 11.3. The molecule has 0 aromatic carbocycles. The van der Waals surface area contributed by atoms with Crippen LogP contribution in [0.5, 0.6) is 0 Å². The van der Waals surface area contributed by atoms with Crippen molar-refractivity contribution < 1.29 is 14.0 Å². The van der Waals surface area contributed by atoms with Gasteiger partial charge in [0.1, 0.15) is 6.34 Å². The summed E-state index contributed by atoms with van der Waals surface area (Å²) in [5.41, 5.74) is 12.2. The molecular formula is C10H15FN8O2. The summed E-state index contributed by atoms with van der Waals surface area (Å²) < 4.78 is 13.1. The van der Waals surface area contributed by atoms with E-state index in [0.717, 1.165) is 6.34 Å². The molecule has 0 spiro atoms. The number of hydrazone groups is 1. The fourth-order valence-corrected chi connectivity index (χ4v) is 1.15. The number of nitrogens with one attached hydrogen (secondary N) is 3. The third kappa shape index (κ3) is 4.89. The van der Waals surface area contributed by atoms with Gasteiger partial charge in [-0.1, -0.05) is 0 Å². The lowest BCUT2D eigenvalue weighted by Crippen LogP contribution is -2.37. The van der Waals surface area contributed by atoms with Crippen molar-refractivity contribution in [1.29, 1.82) is 0 Å². The molecule has 0 saturated heterocycles. The molecule has 0 saturated carbocycles. The van der Waals surface area contributed by atoms with Gasteiger partial charge in [-0.15, -0.1) is 0 Å². The molecule has 1 aromatic rings. The van der Waals surface area contributed by atoms with Crippen molar-refractivity contribution in [3.8, 4) is 0 Å². The first-order valence-corrected chi connectivity index (χ1v) is 5.78. The summed E-state index contributed by atoms with van der Waals surface area (Å²) in [7, 11) is 0. The van der Waals surface area contributed by atoms with Crippen LogP contribution >= 0.6 is 0 Å². The summed E-state index contributed by atoms with van der Waals surface area (Å²) >= 11 is 0. The first kappa shape index (κ1) is 16.1. The molecule has 11 heteroatoms. The van der Waals surface area contributed by atoms with Crippen molar-refractivity contribution in [2.45, 2.75) is 19.9 Å². The summed E-state index contributed by atoms with van der Waals surface area (Å²) in [5.74, 6) is -2.80.